The van der Waals surface area contributed by atoms with Crippen LogP contribution < -0.4 is 20.1 Å². The Bertz CT molecular complexity index is 914. The van der Waals surface area contributed by atoms with Crippen molar-refractivity contribution in [3.63, 3.8) is 0 Å². The first kappa shape index (κ1) is 23.1. The summed E-state index contributed by atoms with van der Waals surface area (Å²) in [7, 11) is 0. The third kappa shape index (κ3) is 6.40. The number of amides is 2. The molecule has 0 radical (unpaired) electrons. The Balaban J connectivity index is 2.20. The highest BCUT2D eigenvalue weighted by Gasteiger charge is 2.28. The molecule has 0 heterocycles. The van der Waals surface area contributed by atoms with Gasteiger partial charge in [0.25, 0.3) is 11.8 Å². The Kier molecular flexibility index (Phi) is 7.68. The van der Waals surface area contributed by atoms with Gasteiger partial charge in [0.05, 0.1) is 13.2 Å². The van der Waals surface area contributed by atoms with Gasteiger partial charge in [0.1, 0.15) is 6.54 Å². The Morgan fingerprint density at radius 3 is 2.13 bits per heavy atom. The molecular formula is C21H23F3N2O4. The van der Waals surface area contributed by atoms with E-state index in [1.807, 2.05) is 6.92 Å². The molecule has 30 heavy (non-hydrogen) atoms. The van der Waals surface area contributed by atoms with E-state index in [2.05, 4.69) is 5.32 Å². The van der Waals surface area contributed by atoms with Gasteiger partial charge in [-0.1, -0.05) is 6.07 Å². The number of ether oxygens (including phenoxy) is 2. The number of carbonyl (C=O) groups is 2. The molecule has 162 valence electrons. The Labute approximate surface area is 172 Å². The lowest BCUT2D eigenvalue weighted by atomic mass is 10.1. The highest BCUT2D eigenvalue weighted by molar-refractivity contribution is 6.06. The summed E-state index contributed by atoms with van der Waals surface area (Å²) in [6.07, 6.45) is -4.51. The molecule has 2 aromatic rings. The molecule has 0 aromatic heterocycles. The highest BCUT2D eigenvalue weighted by Crippen LogP contribution is 2.29. The number of hydrogen-bond donors (Lipinski definition) is 2. The minimum absolute atomic E-state index is 0.00171. The molecule has 0 saturated heterocycles. The van der Waals surface area contributed by atoms with Crippen LogP contribution in [0.3, 0.4) is 0 Å². The number of hydrogen-bond acceptors (Lipinski definition) is 4. The maximum Gasteiger partial charge on any atom is 0.405 e. The van der Waals surface area contributed by atoms with Crippen molar-refractivity contribution in [2.45, 2.75) is 26.9 Å². The molecule has 0 bridgehead atoms. The molecule has 6 nitrogen and oxygen atoms in total. The van der Waals surface area contributed by atoms with Gasteiger partial charge in [-0.05, 0) is 56.7 Å². The molecule has 2 N–H and O–H groups in total. The zero-order valence-electron chi connectivity index (χ0n) is 16.9. The largest absolute Gasteiger partial charge is 0.490 e. The minimum Gasteiger partial charge on any atom is -0.490 e. The molecule has 9 heteroatoms. The van der Waals surface area contributed by atoms with Gasteiger partial charge in [0.2, 0.25) is 0 Å². The molecule has 2 rings (SSSR count). The van der Waals surface area contributed by atoms with E-state index in [1.165, 1.54) is 12.1 Å². The van der Waals surface area contributed by atoms with E-state index in [0.29, 0.717) is 41.5 Å². The van der Waals surface area contributed by atoms with Gasteiger partial charge in [-0.3, -0.25) is 9.59 Å². The minimum atomic E-state index is -4.51. The summed E-state index contributed by atoms with van der Waals surface area (Å²) in [5, 5.41) is 4.48. The summed E-state index contributed by atoms with van der Waals surface area (Å²) in [6.45, 7) is 4.73. The SMILES string of the molecule is CCOc1ccc(C(=O)Nc2cc(C(=O)NCC(F)(F)F)ccc2C)cc1OCC. The van der Waals surface area contributed by atoms with E-state index in [0.717, 1.165) is 0 Å². The van der Waals surface area contributed by atoms with E-state index >= 15 is 0 Å². The summed E-state index contributed by atoms with van der Waals surface area (Å²) < 4.78 is 47.9. The van der Waals surface area contributed by atoms with Crippen LogP contribution in [-0.4, -0.2) is 37.7 Å². The maximum atomic E-state index is 12.7. The number of nitrogens with one attached hydrogen (secondary N) is 2. The fraction of sp³-hybridized carbons (Fsp3) is 0.333. The monoisotopic (exact) mass is 424 g/mol. The Morgan fingerprint density at radius 2 is 1.50 bits per heavy atom. The topological polar surface area (TPSA) is 76.7 Å². The quantitative estimate of drug-likeness (QED) is 0.661. The van der Waals surface area contributed by atoms with Gasteiger partial charge in [0.15, 0.2) is 11.5 Å². The van der Waals surface area contributed by atoms with E-state index in [1.54, 1.807) is 43.4 Å². The van der Waals surface area contributed by atoms with Crippen LogP contribution in [0.15, 0.2) is 36.4 Å². The molecule has 0 aliphatic rings. The standard InChI is InChI=1S/C21H23F3N2O4/c1-4-29-17-9-8-15(11-18(17)30-5-2)20(28)26-16-10-14(7-6-13(16)3)19(27)25-12-21(22,23)24/h6-11H,4-5,12H2,1-3H3,(H,25,27)(H,26,28). The normalized spacial score (nSPS) is 11.0. The molecular weight excluding hydrogens is 401 g/mol. The lowest BCUT2D eigenvalue weighted by Gasteiger charge is -2.14. The summed E-state index contributed by atoms with van der Waals surface area (Å²) in [6, 6.07) is 8.99. The predicted octanol–water partition coefficient (Wildman–Crippen LogP) is 4.34. The van der Waals surface area contributed by atoms with Crippen molar-refractivity contribution in [3.8, 4) is 11.5 Å². The molecule has 0 aliphatic carbocycles. The van der Waals surface area contributed by atoms with Crippen LogP contribution >= 0.6 is 0 Å². The predicted molar refractivity (Wildman–Crippen MR) is 106 cm³/mol. The number of aryl methyl sites for hydroxylation is 1. The molecule has 0 saturated carbocycles. The number of alkyl halides is 3. The van der Waals surface area contributed by atoms with Crippen LogP contribution in [0.2, 0.25) is 0 Å². The smallest absolute Gasteiger partial charge is 0.405 e. The number of carbonyl (C=O) groups excluding carboxylic acids is 2. The van der Waals surface area contributed by atoms with Crippen LogP contribution in [-0.2, 0) is 0 Å². The highest BCUT2D eigenvalue weighted by atomic mass is 19.4. The van der Waals surface area contributed by atoms with Crippen molar-refractivity contribution in [2.24, 2.45) is 0 Å². The van der Waals surface area contributed by atoms with Gasteiger partial charge in [-0.2, -0.15) is 13.2 Å². The number of halogens is 3. The van der Waals surface area contributed by atoms with E-state index in [4.69, 9.17) is 9.47 Å². The van der Waals surface area contributed by atoms with E-state index in [9.17, 15) is 22.8 Å². The second-order valence-electron chi connectivity index (χ2n) is 6.31. The lowest BCUT2D eigenvalue weighted by Crippen LogP contribution is -2.33. The number of rotatable bonds is 8. The zero-order chi connectivity index (χ0) is 22.3. The Morgan fingerprint density at radius 1 is 0.900 bits per heavy atom. The van der Waals surface area contributed by atoms with Crippen LogP contribution in [0, 0.1) is 6.92 Å². The third-order valence-corrected chi connectivity index (χ3v) is 4.00. The third-order valence-electron chi connectivity index (χ3n) is 4.00. The fourth-order valence-corrected chi connectivity index (χ4v) is 2.57. The lowest BCUT2D eigenvalue weighted by molar-refractivity contribution is -0.123. The van der Waals surface area contributed by atoms with Gasteiger partial charge in [-0.15, -0.1) is 0 Å². The first-order valence-electron chi connectivity index (χ1n) is 9.31. The van der Waals surface area contributed by atoms with Crippen molar-refractivity contribution in [3.05, 3.63) is 53.1 Å². The van der Waals surface area contributed by atoms with E-state index in [-0.39, 0.29) is 5.56 Å². The van der Waals surface area contributed by atoms with Crippen molar-refractivity contribution in [1.29, 1.82) is 0 Å². The van der Waals surface area contributed by atoms with Crippen LogP contribution in [0.1, 0.15) is 40.1 Å². The van der Waals surface area contributed by atoms with Gasteiger partial charge in [-0.25, -0.2) is 0 Å². The first-order chi connectivity index (χ1) is 14.1. The summed E-state index contributed by atoms with van der Waals surface area (Å²) in [4.78, 5) is 24.6. The van der Waals surface area contributed by atoms with Gasteiger partial charge < -0.3 is 20.1 Å². The van der Waals surface area contributed by atoms with Gasteiger partial charge >= 0.3 is 6.18 Å². The van der Waals surface area contributed by atoms with Crippen LogP contribution in [0.4, 0.5) is 18.9 Å². The summed E-state index contributed by atoms with van der Waals surface area (Å²) in [5.41, 5.74) is 1.26. The van der Waals surface area contributed by atoms with Crippen molar-refractivity contribution in [2.75, 3.05) is 25.1 Å². The molecule has 2 amide bonds. The molecule has 0 atom stereocenters. The second-order valence-corrected chi connectivity index (χ2v) is 6.31. The average Bonchev–Trinajstić information content (AvgIpc) is 2.68. The summed E-state index contributed by atoms with van der Waals surface area (Å²) in [5.74, 6) is -0.420. The molecule has 0 fully saturated rings. The summed E-state index contributed by atoms with van der Waals surface area (Å²) >= 11 is 0. The zero-order valence-corrected chi connectivity index (χ0v) is 16.9. The Hall–Kier alpha value is -3.23. The van der Waals surface area contributed by atoms with Crippen molar-refractivity contribution in [1.82, 2.24) is 5.32 Å². The van der Waals surface area contributed by atoms with Gasteiger partial charge in [0, 0.05) is 16.8 Å². The maximum absolute atomic E-state index is 12.7. The molecule has 0 spiro atoms. The number of benzene rings is 2. The van der Waals surface area contributed by atoms with Crippen molar-refractivity contribution < 1.29 is 32.2 Å². The fourth-order valence-electron chi connectivity index (χ4n) is 2.57. The van der Waals surface area contributed by atoms with Crippen LogP contribution in [0.25, 0.3) is 0 Å². The first-order valence-corrected chi connectivity index (χ1v) is 9.31. The second kappa shape index (κ2) is 10.00. The average molecular weight is 424 g/mol. The van der Waals surface area contributed by atoms with Crippen LogP contribution in [0.5, 0.6) is 11.5 Å². The molecule has 0 unspecified atom stereocenters. The number of anilines is 1. The van der Waals surface area contributed by atoms with E-state index < -0.39 is 24.5 Å². The molecule has 2 aromatic carbocycles. The van der Waals surface area contributed by atoms with Crippen molar-refractivity contribution >= 4 is 17.5 Å². The molecule has 0 aliphatic heterocycles.